The molecule has 3 rings (SSSR count). The molecule has 8 nitrogen and oxygen atoms in total. The van der Waals surface area contributed by atoms with Crippen LogP contribution in [0.2, 0.25) is 0 Å². The molecule has 0 aromatic heterocycles. The van der Waals surface area contributed by atoms with Crippen molar-refractivity contribution in [2.45, 2.75) is 6.42 Å². The number of carbonyl (C=O) groups is 3. The Bertz CT molecular complexity index is 1060. The maximum Gasteiger partial charge on any atom is 0.335 e. The molecule has 1 aliphatic rings. The summed E-state index contributed by atoms with van der Waals surface area (Å²) >= 11 is 0. The summed E-state index contributed by atoms with van der Waals surface area (Å²) in [5.74, 6) is -0.649. The van der Waals surface area contributed by atoms with Crippen LogP contribution in [0.5, 0.6) is 17.2 Å². The number of phenolic OH excluding ortho intramolecular Hbond substituents is 1. The second-order valence-corrected chi connectivity index (χ2v) is 6.38. The van der Waals surface area contributed by atoms with Crippen LogP contribution in [-0.2, 0) is 16.0 Å². The summed E-state index contributed by atoms with van der Waals surface area (Å²) in [6.45, 7) is 3.72. The van der Waals surface area contributed by atoms with E-state index in [-0.39, 0.29) is 17.0 Å². The number of amides is 4. The predicted molar refractivity (Wildman–Crippen MR) is 111 cm³/mol. The topological polar surface area (TPSA) is 105 Å². The van der Waals surface area contributed by atoms with Gasteiger partial charge in [0, 0.05) is 5.56 Å². The van der Waals surface area contributed by atoms with Gasteiger partial charge in [0.05, 0.1) is 19.9 Å². The molecule has 2 aromatic carbocycles. The zero-order valence-corrected chi connectivity index (χ0v) is 16.5. The van der Waals surface area contributed by atoms with Crippen LogP contribution in [0.25, 0.3) is 6.08 Å². The van der Waals surface area contributed by atoms with Crippen molar-refractivity contribution >= 4 is 29.6 Å². The van der Waals surface area contributed by atoms with Gasteiger partial charge < -0.3 is 14.6 Å². The highest BCUT2D eigenvalue weighted by Crippen LogP contribution is 2.34. The quantitative estimate of drug-likeness (QED) is 0.433. The van der Waals surface area contributed by atoms with Crippen molar-refractivity contribution in [1.82, 2.24) is 5.32 Å². The molecule has 1 aliphatic heterocycles. The first-order valence-corrected chi connectivity index (χ1v) is 8.96. The number of ether oxygens (including phenoxy) is 2. The third-order valence-electron chi connectivity index (χ3n) is 4.46. The molecular formula is C22H20N2O6. The molecule has 0 atom stereocenters. The Balaban J connectivity index is 2.07. The van der Waals surface area contributed by atoms with Crippen LogP contribution in [0, 0.1) is 0 Å². The van der Waals surface area contributed by atoms with Crippen LogP contribution >= 0.6 is 0 Å². The van der Waals surface area contributed by atoms with Crippen molar-refractivity contribution in [1.29, 1.82) is 0 Å². The Morgan fingerprint density at radius 2 is 1.80 bits per heavy atom. The number of nitrogens with one attached hydrogen (secondary N) is 1. The number of phenols is 1. The fourth-order valence-corrected chi connectivity index (χ4v) is 3.12. The molecule has 0 bridgehead atoms. The summed E-state index contributed by atoms with van der Waals surface area (Å²) in [7, 11) is 3.00. The first kappa shape index (κ1) is 20.7. The van der Waals surface area contributed by atoms with E-state index in [1.165, 1.54) is 44.6 Å². The lowest BCUT2D eigenvalue weighted by molar-refractivity contribution is -0.122. The SMILES string of the molecule is C=CCc1cc(/C=C2\C(=O)NC(=O)N(c3ccc(O)cc3)C2=O)cc(OC)c1OC. The third kappa shape index (κ3) is 3.88. The molecule has 1 heterocycles. The van der Waals surface area contributed by atoms with Gasteiger partial charge >= 0.3 is 6.03 Å². The van der Waals surface area contributed by atoms with E-state index in [0.29, 0.717) is 23.5 Å². The third-order valence-corrected chi connectivity index (χ3v) is 4.46. The van der Waals surface area contributed by atoms with Gasteiger partial charge in [-0.3, -0.25) is 14.9 Å². The van der Waals surface area contributed by atoms with Crippen LogP contribution in [0.15, 0.2) is 54.6 Å². The van der Waals surface area contributed by atoms with Crippen molar-refractivity contribution in [2.75, 3.05) is 19.1 Å². The van der Waals surface area contributed by atoms with Gasteiger partial charge in [-0.2, -0.15) is 0 Å². The van der Waals surface area contributed by atoms with Crippen LogP contribution in [-0.4, -0.2) is 37.2 Å². The van der Waals surface area contributed by atoms with Crippen molar-refractivity contribution in [2.24, 2.45) is 0 Å². The monoisotopic (exact) mass is 408 g/mol. The van der Waals surface area contributed by atoms with E-state index >= 15 is 0 Å². The number of barbiturate groups is 1. The number of carbonyl (C=O) groups excluding carboxylic acids is 3. The predicted octanol–water partition coefficient (Wildman–Crippen LogP) is 2.80. The van der Waals surface area contributed by atoms with E-state index in [2.05, 4.69) is 11.9 Å². The van der Waals surface area contributed by atoms with Crippen molar-refractivity contribution in [3.63, 3.8) is 0 Å². The Hall–Kier alpha value is -4.07. The molecule has 1 fully saturated rings. The number of allylic oxidation sites excluding steroid dienone is 1. The summed E-state index contributed by atoms with van der Waals surface area (Å²) in [6, 6.07) is 7.99. The number of imide groups is 2. The average Bonchev–Trinajstić information content (AvgIpc) is 2.72. The fraction of sp³-hybridized carbons (Fsp3) is 0.136. The Labute approximate surface area is 173 Å². The Kier molecular flexibility index (Phi) is 5.87. The minimum Gasteiger partial charge on any atom is -0.508 e. The zero-order chi connectivity index (χ0) is 21.8. The number of hydrogen-bond donors (Lipinski definition) is 2. The summed E-state index contributed by atoms with van der Waals surface area (Å²) in [4.78, 5) is 38.4. The molecule has 2 aromatic rings. The summed E-state index contributed by atoms with van der Waals surface area (Å²) in [6.07, 6.45) is 3.55. The molecule has 4 amide bonds. The second kappa shape index (κ2) is 8.52. The summed E-state index contributed by atoms with van der Waals surface area (Å²) < 4.78 is 10.8. The van der Waals surface area contributed by atoms with Gasteiger partial charge in [0.2, 0.25) is 0 Å². The van der Waals surface area contributed by atoms with Crippen LogP contribution in [0.3, 0.4) is 0 Å². The van der Waals surface area contributed by atoms with E-state index in [1.807, 2.05) is 0 Å². The van der Waals surface area contributed by atoms with Gasteiger partial charge in [-0.05, 0) is 54.5 Å². The van der Waals surface area contributed by atoms with Crippen molar-refractivity contribution in [3.8, 4) is 17.2 Å². The minimum atomic E-state index is -0.868. The lowest BCUT2D eigenvalue weighted by atomic mass is 10.0. The smallest absolute Gasteiger partial charge is 0.335 e. The number of anilines is 1. The van der Waals surface area contributed by atoms with Gasteiger partial charge in [0.15, 0.2) is 11.5 Å². The Morgan fingerprint density at radius 1 is 1.10 bits per heavy atom. The molecule has 0 saturated carbocycles. The highest BCUT2D eigenvalue weighted by molar-refractivity contribution is 6.39. The molecule has 8 heteroatoms. The summed E-state index contributed by atoms with van der Waals surface area (Å²) in [5.41, 5.74) is 1.27. The molecular weight excluding hydrogens is 388 g/mol. The number of benzene rings is 2. The molecule has 0 radical (unpaired) electrons. The van der Waals surface area contributed by atoms with E-state index in [0.717, 1.165) is 10.5 Å². The van der Waals surface area contributed by atoms with Gasteiger partial charge in [0.1, 0.15) is 11.3 Å². The van der Waals surface area contributed by atoms with E-state index in [9.17, 15) is 19.5 Å². The van der Waals surface area contributed by atoms with Crippen LogP contribution in [0.1, 0.15) is 11.1 Å². The van der Waals surface area contributed by atoms with E-state index in [4.69, 9.17) is 9.47 Å². The van der Waals surface area contributed by atoms with Crippen molar-refractivity contribution < 1.29 is 29.0 Å². The van der Waals surface area contributed by atoms with E-state index in [1.54, 1.807) is 18.2 Å². The van der Waals surface area contributed by atoms with Crippen molar-refractivity contribution in [3.05, 3.63) is 65.8 Å². The molecule has 0 aliphatic carbocycles. The number of rotatable bonds is 6. The lowest BCUT2D eigenvalue weighted by Crippen LogP contribution is -2.54. The molecule has 30 heavy (non-hydrogen) atoms. The molecule has 2 N–H and O–H groups in total. The first-order valence-electron chi connectivity index (χ1n) is 8.96. The highest BCUT2D eigenvalue weighted by Gasteiger charge is 2.36. The normalized spacial score (nSPS) is 15.2. The maximum atomic E-state index is 13.0. The maximum absolute atomic E-state index is 13.0. The molecule has 154 valence electrons. The first-order chi connectivity index (χ1) is 14.4. The zero-order valence-electron chi connectivity index (χ0n) is 16.5. The lowest BCUT2D eigenvalue weighted by Gasteiger charge is -2.26. The number of hydrogen-bond acceptors (Lipinski definition) is 6. The highest BCUT2D eigenvalue weighted by atomic mass is 16.5. The van der Waals surface area contributed by atoms with Gasteiger partial charge in [-0.1, -0.05) is 6.08 Å². The second-order valence-electron chi connectivity index (χ2n) is 6.38. The number of nitrogens with zero attached hydrogens (tertiary/aromatic N) is 1. The van der Waals surface area contributed by atoms with Gasteiger partial charge in [0.25, 0.3) is 11.8 Å². The Morgan fingerprint density at radius 3 is 2.40 bits per heavy atom. The van der Waals surface area contributed by atoms with E-state index < -0.39 is 17.8 Å². The van der Waals surface area contributed by atoms with Gasteiger partial charge in [-0.25, -0.2) is 9.69 Å². The standard InChI is InChI=1S/C22H20N2O6/c1-4-5-14-10-13(12-18(29-2)19(14)30-3)11-17-20(26)23-22(28)24(21(17)27)15-6-8-16(25)9-7-15/h4,6-12,25H,1,5H2,2-3H3,(H,23,26,28)/b17-11+. The van der Waals surface area contributed by atoms with Crippen LogP contribution in [0.4, 0.5) is 10.5 Å². The molecule has 0 spiro atoms. The van der Waals surface area contributed by atoms with Gasteiger partial charge in [-0.15, -0.1) is 6.58 Å². The molecule has 1 saturated heterocycles. The fourth-order valence-electron chi connectivity index (χ4n) is 3.12. The number of methoxy groups -OCH3 is 2. The number of aromatic hydroxyl groups is 1. The molecule has 0 unspecified atom stereocenters. The average molecular weight is 408 g/mol. The minimum absolute atomic E-state index is 0.0180. The largest absolute Gasteiger partial charge is 0.508 e. The number of urea groups is 1. The van der Waals surface area contributed by atoms with Crippen LogP contribution < -0.4 is 19.7 Å². The summed E-state index contributed by atoms with van der Waals surface area (Å²) in [5, 5.41) is 11.6.